The molecule has 3 rings (SSSR count). The van der Waals surface area contributed by atoms with E-state index in [0.29, 0.717) is 16.8 Å². The summed E-state index contributed by atoms with van der Waals surface area (Å²) in [4.78, 5) is 23.7. The van der Waals surface area contributed by atoms with E-state index in [1.807, 2.05) is 0 Å². The van der Waals surface area contributed by atoms with Crippen molar-refractivity contribution in [2.75, 3.05) is 18.9 Å². The monoisotopic (exact) mass is 424 g/mol. The summed E-state index contributed by atoms with van der Waals surface area (Å²) in [7, 11) is 1.67. The Morgan fingerprint density at radius 1 is 1.24 bits per heavy atom. The molecule has 1 aromatic carbocycles. The largest absolute Gasteiger partial charge is 0.417 e. The number of anilines is 1. The maximum Gasteiger partial charge on any atom is 0.417 e. The molecule has 4 N–H and O–H groups in total. The van der Waals surface area contributed by atoms with Gasteiger partial charge in [-0.15, -0.1) is 0 Å². The van der Waals surface area contributed by atoms with Gasteiger partial charge in [0.05, 0.1) is 16.6 Å². The summed E-state index contributed by atoms with van der Waals surface area (Å²) in [5.74, 6) is -0.428. The number of hydrogen-bond donors (Lipinski definition) is 3. The van der Waals surface area contributed by atoms with Crippen LogP contribution in [0.3, 0.4) is 0 Å². The van der Waals surface area contributed by atoms with E-state index in [1.54, 1.807) is 13.1 Å². The molecule has 1 unspecified atom stereocenters. The Hall–Kier alpha value is -2.98. The third-order valence-corrected chi connectivity index (χ3v) is 4.53. The minimum absolute atomic E-state index is 0.0241. The minimum Gasteiger partial charge on any atom is -0.364 e. The van der Waals surface area contributed by atoms with Crippen LogP contribution in [0.25, 0.3) is 10.9 Å². The summed E-state index contributed by atoms with van der Waals surface area (Å²) < 4.78 is 39.7. The van der Waals surface area contributed by atoms with E-state index in [4.69, 9.17) is 17.3 Å². The number of hydrogen-bond acceptors (Lipinski definition) is 6. The molecule has 152 valence electrons. The van der Waals surface area contributed by atoms with Crippen LogP contribution in [-0.4, -0.2) is 34.5 Å². The van der Waals surface area contributed by atoms with Crippen molar-refractivity contribution in [1.82, 2.24) is 20.3 Å². The van der Waals surface area contributed by atoms with Crippen LogP contribution in [0.5, 0.6) is 0 Å². The van der Waals surface area contributed by atoms with Gasteiger partial charge in [0.1, 0.15) is 17.7 Å². The molecule has 1 amide bonds. The molecule has 3 aromatic rings. The van der Waals surface area contributed by atoms with Crippen LogP contribution in [-0.2, 0) is 6.18 Å². The lowest BCUT2D eigenvalue weighted by Gasteiger charge is -2.22. The maximum absolute atomic E-state index is 13.2. The molecule has 0 aliphatic rings. The van der Waals surface area contributed by atoms with Crippen LogP contribution in [0.1, 0.15) is 27.7 Å². The number of pyridine rings is 1. The number of nitrogens with two attached hydrogens (primary N) is 1. The second kappa shape index (κ2) is 8.18. The van der Waals surface area contributed by atoms with Crippen molar-refractivity contribution in [3.63, 3.8) is 0 Å². The lowest BCUT2D eigenvalue weighted by atomic mass is 10.0. The van der Waals surface area contributed by atoms with Crippen molar-refractivity contribution in [2.24, 2.45) is 5.73 Å². The number of alkyl halides is 3. The number of nitrogens with one attached hydrogen (secondary N) is 2. The molecule has 1 atom stereocenters. The SMILES string of the molecule is CNCC(Nc1ncnc2c(C(N)=O)nccc12)c1ccc(Cl)c(C(F)(F)F)c1. The van der Waals surface area contributed by atoms with Crippen molar-refractivity contribution in [1.29, 1.82) is 0 Å². The molecule has 0 aliphatic heterocycles. The summed E-state index contributed by atoms with van der Waals surface area (Å²) in [5.41, 5.74) is 4.98. The second-order valence-corrected chi connectivity index (χ2v) is 6.54. The number of fused-ring (bicyclic) bond motifs is 1. The predicted octanol–water partition coefficient (Wildman–Crippen LogP) is 3.17. The van der Waals surface area contributed by atoms with Crippen molar-refractivity contribution in [3.8, 4) is 0 Å². The predicted molar refractivity (Wildman–Crippen MR) is 103 cm³/mol. The van der Waals surface area contributed by atoms with Crippen LogP contribution in [0.15, 0.2) is 36.8 Å². The van der Waals surface area contributed by atoms with Gasteiger partial charge in [-0.3, -0.25) is 4.79 Å². The number of amides is 1. The van der Waals surface area contributed by atoms with Crippen molar-refractivity contribution in [3.05, 3.63) is 58.6 Å². The number of aromatic nitrogens is 3. The molecule has 0 aliphatic carbocycles. The van der Waals surface area contributed by atoms with Crippen molar-refractivity contribution in [2.45, 2.75) is 12.2 Å². The third-order valence-electron chi connectivity index (χ3n) is 4.20. The molecule has 11 heteroatoms. The molecule has 2 heterocycles. The van der Waals surface area contributed by atoms with Crippen LogP contribution in [0.2, 0.25) is 5.02 Å². The van der Waals surface area contributed by atoms with E-state index in [2.05, 4.69) is 25.6 Å². The first-order chi connectivity index (χ1) is 13.7. The standard InChI is InChI=1S/C18H16ClF3N6O/c1-24-7-13(9-2-3-12(19)11(6-9)18(20,21)22)28-17-10-4-5-25-15(16(23)29)14(10)26-8-27-17/h2-6,8,13,24H,7H2,1H3,(H2,23,29)(H,26,27,28). The molecular weight excluding hydrogens is 409 g/mol. The quantitative estimate of drug-likeness (QED) is 0.561. The normalized spacial score (nSPS) is 12.7. The van der Waals surface area contributed by atoms with E-state index in [1.165, 1.54) is 24.7 Å². The van der Waals surface area contributed by atoms with Gasteiger partial charge in [0, 0.05) is 18.1 Å². The summed E-state index contributed by atoms with van der Waals surface area (Å²) in [6.07, 6.45) is -1.98. The Bertz CT molecular complexity index is 1060. The number of halogens is 4. The van der Waals surface area contributed by atoms with Crippen LogP contribution >= 0.6 is 11.6 Å². The summed E-state index contributed by atoms with van der Waals surface area (Å²) in [6, 6.07) is 4.71. The van der Waals surface area contributed by atoms with Crippen LogP contribution < -0.4 is 16.4 Å². The van der Waals surface area contributed by atoms with Gasteiger partial charge in [-0.25, -0.2) is 15.0 Å². The zero-order valence-corrected chi connectivity index (χ0v) is 15.8. The molecule has 29 heavy (non-hydrogen) atoms. The zero-order chi connectivity index (χ0) is 21.2. The highest BCUT2D eigenvalue weighted by Crippen LogP contribution is 2.36. The van der Waals surface area contributed by atoms with Gasteiger partial charge in [-0.2, -0.15) is 13.2 Å². The Morgan fingerprint density at radius 3 is 2.66 bits per heavy atom. The first kappa shape index (κ1) is 20.7. The lowest BCUT2D eigenvalue weighted by Crippen LogP contribution is -2.25. The molecule has 0 spiro atoms. The van der Waals surface area contributed by atoms with Gasteiger partial charge in [-0.1, -0.05) is 17.7 Å². The molecular formula is C18H16ClF3N6O. The van der Waals surface area contributed by atoms with E-state index in [-0.39, 0.29) is 22.8 Å². The molecule has 0 fully saturated rings. The van der Waals surface area contributed by atoms with E-state index < -0.39 is 23.7 Å². The maximum atomic E-state index is 13.2. The first-order valence-electron chi connectivity index (χ1n) is 8.39. The van der Waals surface area contributed by atoms with E-state index in [9.17, 15) is 18.0 Å². The molecule has 7 nitrogen and oxygen atoms in total. The lowest BCUT2D eigenvalue weighted by molar-refractivity contribution is -0.137. The van der Waals surface area contributed by atoms with Gasteiger partial charge in [0.2, 0.25) is 0 Å². The molecule has 0 bridgehead atoms. The Kier molecular flexibility index (Phi) is 5.85. The van der Waals surface area contributed by atoms with Crippen molar-refractivity contribution < 1.29 is 18.0 Å². The average Bonchev–Trinajstić information content (AvgIpc) is 2.67. The molecule has 0 radical (unpaired) electrons. The zero-order valence-electron chi connectivity index (χ0n) is 15.1. The molecule has 2 aromatic heterocycles. The molecule has 0 saturated carbocycles. The highest BCUT2D eigenvalue weighted by molar-refractivity contribution is 6.31. The topological polar surface area (TPSA) is 106 Å². The van der Waals surface area contributed by atoms with E-state index >= 15 is 0 Å². The highest BCUT2D eigenvalue weighted by atomic mass is 35.5. The van der Waals surface area contributed by atoms with Gasteiger partial charge in [-0.05, 0) is 30.8 Å². The number of likely N-dealkylation sites (N-methyl/N-ethyl adjacent to an activating group) is 1. The number of rotatable bonds is 6. The number of carbonyl (C=O) groups is 1. The number of benzene rings is 1. The second-order valence-electron chi connectivity index (χ2n) is 6.13. The molecule has 0 saturated heterocycles. The summed E-state index contributed by atoms with van der Waals surface area (Å²) >= 11 is 5.72. The number of nitrogens with zero attached hydrogens (tertiary/aromatic N) is 3. The van der Waals surface area contributed by atoms with Gasteiger partial charge in [0.15, 0.2) is 5.69 Å². The van der Waals surface area contributed by atoms with Crippen molar-refractivity contribution >= 4 is 34.2 Å². The fraction of sp³-hybridized carbons (Fsp3) is 0.222. The third kappa shape index (κ3) is 4.38. The number of primary amides is 1. The highest BCUT2D eigenvalue weighted by Gasteiger charge is 2.34. The fourth-order valence-electron chi connectivity index (χ4n) is 2.88. The fourth-order valence-corrected chi connectivity index (χ4v) is 3.11. The average molecular weight is 425 g/mol. The minimum atomic E-state index is -4.58. The summed E-state index contributed by atoms with van der Waals surface area (Å²) in [6.45, 7) is 0.290. The smallest absolute Gasteiger partial charge is 0.364 e. The Labute approximate surface area is 168 Å². The number of carbonyl (C=O) groups excluding carboxylic acids is 1. The van der Waals surface area contributed by atoms with E-state index in [0.717, 1.165) is 6.07 Å². The van der Waals surface area contributed by atoms with Gasteiger partial charge in [0.25, 0.3) is 5.91 Å². The first-order valence-corrected chi connectivity index (χ1v) is 8.77. The Balaban J connectivity index is 2.05. The van der Waals surface area contributed by atoms with Crippen LogP contribution in [0.4, 0.5) is 19.0 Å². The summed E-state index contributed by atoms with van der Waals surface area (Å²) in [5, 5.41) is 6.11. The Morgan fingerprint density at radius 2 is 2.00 bits per heavy atom. The van der Waals surface area contributed by atoms with Gasteiger partial charge < -0.3 is 16.4 Å². The van der Waals surface area contributed by atoms with Gasteiger partial charge >= 0.3 is 6.18 Å². The van der Waals surface area contributed by atoms with Crippen LogP contribution in [0, 0.1) is 0 Å².